The zero-order valence-corrected chi connectivity index (χ0v) is 18.5. The van der Waals surface area contributed by atoms with Crippen LogP contribution in [0.5, 0.6) is 17.2 Å². The highest BCUT2D eigenvalue weighted by molar-refractivity contribution is 5.92. The second-order valence-corrected chi connectivity index (χ2v) is 7.74. The second-order valence-electron chi connectivity index (χ2n) is 7.74. The Morgan fingerprint density at radius 1 is 1.09 bits per heavy atom. The van der Waals surface area contributed by atoms with Gasteiger partial charge in [0, 0.05) is 32.6 Å². The zero-order chi connectivity index (χ0) is 24.8. The van der Waals surface area contributed by atoms with E-state index in [1.54, 1.807) is 12.1 Å². The molecule has 0 radical (unpaired) electrons. The molecule has 0 saturated carbocycles. The van der Waals surface area contributed by atoms with Gasteiger partial charge in [-0.1, -0.05) is 12.1 Å². The summed E-state index contributed by atoms with van der Waals surface area (Å²) >= 11 is 0. The Morgan fingerprint density at radius 3 is 2.32 bits per heavy atom. The highest BCUT2D eigenvalue weighted by Crippen LogP contribution is 2.40. The van der Waals surface area contributed by atoms with E-state index in [9.17, 15) is 22.8 Å². The Bertz CT molecular complexity index is 1010. The van der Waals surface area contributed by atoms with Crippen LogP contribution in [-0.2, 0) is 27.0 Å². The van der Waals surface area contributed by atoms with Crippen molar-refractivity contribution in [2.75, 3.05) is 26.9 Å². The number of benzene rings is 2. The van der Waals surface area contributed by atoms with Crippen LogP contribution in [-0.4, -0.2) is 44.2 Å². The molecule has 3 rings (SSSR count). The van der Waals surface area contributed by atoms with E-state index < -0.39 is 23.2 Å². The molecule has 4 N–H and O–H groups in total. The highest BCUT2D eigenvalue weighted by atomic mass is 19.4. The minimum Gasteiger partial charge on any atom is -0.497 e. The van der Waals surface area contributed by atoms with Gasteiger partial charge in [0.15, 0.2) is 0 Å². The topological polar surface area (TPSA) is 112 Å². The molecule has 184 valence electrons. The Morgan fingerprint density at radius 2 is 1.74 bits per heavy atom. The summed E-state index contributed by atoms with van der Waals surface area (Å²) in [5, 5.41) is 5.50. The summed E-state index contributed by atoms with van der Waals surface area (Å²) in [5.41, 5.74) is 4.02. The van der Waals surface area contributed by atoms with Gasteiger partial charge in [-0.3, -0.25) is 9.59 Å². The lowest BCUT2D eigenvalue weighted by Crippen LogP contribution is -2.62. The number of carbonyl (C=O) groups excluding carboxylic acids is 2. The lowest BCUT2D eigenvalue weighted by molar-refractivity contribution is -0.138. The number of amides is 2. The van der Waals surface area contributed by atoms with Crippen molar-refractivity contribution in [1.82, 2.24) is 10.6 Å². The molecule has 0 unspecified atom stereocenters. The van der Waals surface area contributed by atoms with Gasteiger partial charge in [-0.15, -0.1) is 0 Å². The molecular formula is C23H26F3N3O5. The average molecular weight is 481 g/mol. The van der Waals surface area contributed by atoms with Crippen molar-refractivity contribution >= 4 is 11.8 Å². The number of nitrogens with two attached hydrogens (primary N) is 1. The van der Waals surface area contributed by atoms with E-state index in [2.05, 4.69) is 10.6 Å². The summed E-state index contributed by atoms with van der Waals surface area (Å²) < 4.78 is 55.8. The van der Waals surface area contributed by atoms with E-state index in [4.69, 9.17) is 19.9 Å². The lowest BCUT2D eigenvalue weighted by atomic mass is 9.88. The first-order chi connectivity index (χ1) is 16.2. The number of hydrogen-bond acceptors (Lipinski definition) is 6. The third-order valence-electron chi connectivity index (χ3n) is 5.44. The summed E-state index contributed by atoms with van der Waals surface area (Å²) in [6.07, 6.45) is -3.98. The summed E-state index contributed by atoms with van der Waals surface area (Å²) in [7, 11) is 1.28. The molecule has 1 fully saturated rings. The predicted molar refractivity (Wildman–Crippen MR) is 116 cm³/mol. The third-order valence-corrected chi connectivity index (χ3v) is 5.44. The molecular weight excluding hydrogens is 455 g/mol. The standard InChI is InChI=1S/C23H26F3N3O5/c1-32-17-6-7-19(18(12-17)23(24,25)26)34-16-4-2-15(3-5-16)14-28-21(31)22(29-20(30)13-27)8-10-33-11-9-22/h2-7,12H,8-11,13-14,27H2,1H3,(H,28,31)(H,29,30). The van der Waals surface area contributed by atoms with Crippen LogP contribution in [0.3, 0.4) is 0 Å². The van der Waals surface area contributed by atoms with Gasteiger partial charge in [-0.25, -0.2) is 0 Å². The first kappa shape index (κ1) is 25.3. The number of halogens is 3. The molecule has 8 nitrogen and oxygen atoms in total. The number of hydrogen-bond donors (Lipinski definition) is 3. The van der Waals surface area contributed by atoms with Gasteiger partial charge < -0.3 is 30.6 Å². The van der Waals surface area contributed by atoms with Crippen LogP contribution in [0.4, 0.5) is 13.2 Å². The maximum atomic E-state index is 13.4. The van der Waals surface area contributed by atoms with Crippen LogP contribution in [0.25, 0.3) is 0 Å². The number of methoxy groups -OCH3 is 1. The van der Waals surface area contributed by atoms with Crippen LogP contribution < -0.4 is 25.8 Å². The van der Waals surface area contributed by atoms with Crippen molar-refractivity contribution in [3.8, 4) is 17.2 Å². The number of carbonyl (C=O) groups is 2. The number of alkyl halides is 3. The number of nitrogens with one attached hydrogen (secondary N) is 2. The lowest BCUT2D eigenvalue weighted by Gasteiger charge is -2.36. The van der Waals surface area contributed by atoms with Crippen LogP contribution >= 0.6 is 0 Å². The fourth-order valence-corrected chi connectivity index (χ4v) is 3.55. The van der Waals surface area contributed by atoms with E-state index in [1.165, 1.54) is 31.4 Å². The molecule has 1 heterocycles. The fourth-order valence-electron chi connectivity index (χ4n) is 3.55. The molecule has 1 aliphatic heterocycles. The normalized spacial score (nSPS) is 15.3. The van der Waals surface area contributed by atoms with Crippen LogP contribution in [0.15, 0.2) is 42.5 Å². The molecule has 2 amide bonds. The molecule has 0 spiro atoms. The zero-order valence-electron chi connectivity index (χ0n) is 18.5. The maximum Gasteiger partial charge on any atom is 0.420 e. The monoisotopic (exact) mass is 481 g/mol. The van der Waals surface area contributed by atoms with Gasteiger partial charge in [-0.2, -0.15) is 13.2 Å². The van der Waals surface area contributed by atoms with Crippen molar-refractivity contribution in [1.29, 1.82) is 0 Å². The summed E-state index contributed by atoms with van der Waals surface area (Å²) in [6, 6.07) is 9.71. The van der Waals surface area contributed by atoms with Crippen molar-refractivity contribution < 1.29 is 37.0 Å². The number of ether oxygens (including phenoxy) is 3. The minimum atomic E-state index is -4.62. The molecule has 0 aromatic heterocycles. The van der Waals surface area contributed by atoms with Gasteiger partial charge in [-0.05, 0) is 35.9 Å². The van der Waals surface area contributed by atoms with E-state index in [0.29, 0.717) is 31.6 Å². The fraction of sp³-hybridized carbons (Fsp3) is 0.391. The van der Waals surface area contributed by atoms with Gasteiger partial charge in [0.2, 0.25) is 11.8 Å². The number of rotatable bonds is 8. The van der Waals surface area contributed by atoms with Crippen molar-refractivity contribution in [3.63, 3.8) is 0 Å². The quantitative estimate of drug-likeness (QED) is 0.535. The molecule has 11 heteroatoms. The Hall–Kier alpha value is -3.31. The summed E-state index contributed by atoms with van der Waals surface area (Å²) in [5.74, 6) is -0.884. The highest BCUT2D eigenvalue weighted by Gasteiger charge is 2.41. The van der Waals surface area contributed by atoms with Gasteiger partial charge in [0.1, 0.15) is 28.4 Å². The molecule has 1 saturated heterocycles. The summed E-state index contributed by atoms with van der Waals surface area (Å²) in [6.45, 7) is 0.573. The van der Waals surface area contributed by atoms with Gasteiger partial charge in [0.05, 0.1) is 13.7 Å². The Labute approximate surface area is 194 Å². The van der Waals surface area contributed by atoms with E-state index in [1.807, 2.05) is 0 Å². The predicted octanol–water partition coefficient (Wildman–Crippen LogP) is 2.75. The van der Waals surface area contributed by atoms with E-state index >= 15 is 0 Å². The molecule has 0 aliphatic carbocycles. The molecule has 1 aliphatic rings. The maximum absolute atomic E-state index is 13.4. The van der Waals surface area contributed by atoms with Crippen LogP contribution in [0, 0.1) is 0 Å². The van der Waals surface area contributed by atoms with Crippen molar-refractivity contribution in [3.05, 3.63) is 53.6 Å². The first-order valence-corrected chi connectivity index (χ1v) is 10.6. The molecule has 34 heavy (non-hydrogen) atoms. The smallest absolute Gasteiger partial charge is 0.420 e. The van der Waals surface area contributed by atoms with Crippen molar-refractivity contribution in [2.24, 2.45) is 5.73 Å². The van der Waals surface area contributed by atoms with E-state index in [-0.39, 0.29) is 36.2 Å². The molecule has 2 aromatic carbocycles. The van der Waals surface area contributed by atoms with E-state index in [0.717, 1.165) is 6.07 Å². The Kier molecular flexibility index (Phi) is 8.00. The van der Waals surface area contributed by atoms with Crippen LogP contribution in [0.2, 0.25) is 0 Å². The molecule has 0 atom stereocenters. The minimum absolute atomic E-state index is 0.0655. The SMILES string of the molecule is COc1ccc(Oc2ccc(CNC(=O)C3(NC(=O)CN)CCOCC3)cc2)c(C(F)(F)F)c1. The average Bonchev–Trinajstić information content (AvgIpc) is 2.83. The third kappa shape index (κ3) is 6.17. The molecule has 0 bridgehead atoms. The second kappa shape index (κ2) is 10.7. The van der Waals surface area contributed by atoms with Crippen LogP contribution in [0.1, 0.15) is 24.0 Å². The van der Waals surface area contributed by atoms with Gasteiger partial charge >= 0.3 is 6.18 Å². The first-order valence-electron chi connectivity index (χ1n) is 10.6. The van der Waals surface area contributed by atoms with Gasteiger partial charge in [0.25, 0.3) is 0 Å². The largest absolute Gasteiger partial charge is 0.497 e. The van der Waals surface area contributed by atoms with Crippen molar-refractivity contribution in [2.45, 2.75) is 31.1 Å². The molecule has 2 aromatic rings. The summed E-state index contributed by atoms with van der Waals surface area (Å²) in [4.78, 5) is 24.7. The Balaban J connectivity index is 1.66.